The fraction of sp³-hybridized carbons (Fsp3) is 0.357. The molecule has 0 aromatic heterocycles. The van der Waals surface area contributed by atoms with Gasteiger partial charge in [0.05, 0.1) is 32.5 Å². The Morgan fingerprint density at radius 2 is 1.15 bits per heavy atom. The largest absolute Gasteiger partial charge is 0.374 e. The molecule has 0 spiro atoms. The van der Waals surface area contributed by atoms with Gasteiger partial charge in [-0.1, -0.05) is 91.0 Å². The molecule has 4 rings (SSSR count). The zero-order chi connectivity index (χ0) is 23.6. The van der Waals surface area contributed by atoms with Crippen molar-refractivity contribution in [3.05, 3.63) is 108 Å². The van der Waals surface area contributed by atoms with E-state index in [4.69, 9.17) is 29.4 Å². The summed E-state index contributed by atoms with van der Waals surface area (Å²) in [6.45, 7) is 1.63. The number of nitrogens with two attached hydrogens (primary N) is 1. The SMILES string of the molecule is CO[C@@H]1O[C@@H](COCc2ccccc2)[C@H](OCc2ccccc2)[C@@H](OCc2ccccc2)[C@@H]1N. The average molecular weight is 464 g/mol. The number of hydrogen-bond donors (Lipinski definition) is 1. The third-order valence-electron chi connectivity index (χ3n) is 5.89. The molecule has 5 atom stereocenters. The third-order valence-corrected chi connectivity index (χ3v) is 5.89. The van der Waals surface area contributed by atoms with Gasteiger partial charge in [0.2, 0.25) is 0 Å². The molecule has 1 heterocycles. The summed E-state index contributed by atoms with van der Waals surface area (Å²) < 4.78 is 30.5. The zero-order valence-corrected chi connectivity index (χ0v) is 19.5. The van der Waals surface area contributed by atoms with Gasteiger partial charge < -0.3 is 29.4 Å². The first kappa shape index (κ1) is 24.5. The maximum Gasteiger partial charge on any atom is 0.175 e. The maximum absolute atomic E-state index is 6.54. The highest BCUT2D eigenvalue weighted by Crippen LogP contribution is 2.27. The van der Waals surface area contributed by atoms with Gasteiger partial charge in [0.25, 0.3) is 0 Å². The second kappa shape index (κ2) is 12.8. The predicted molar refractivity (Wildman–Crippen MR) is 130 cm³/mol. The van der Waals surface area contributed by atoms with Crippen molar-refractivity contribution in [2.45, 2.75) is 50.5 Å². The Morgan fingerprint density at radius 3 is 1.65 bits per heavy atom. The molecular weight excluding hydrogens is 430 g/mol. The molecule has 1 fully saturated rings. The van der Waals surface area contributed by atoms with Gasteiger partial charge in [-0.15, -0.1) is 0 Å². The van der Waals surface area contributed by atoms with Crippen LogP contribution >= 0.6 is 0 Å². The summed E-state index contributed by atoms with van der Waals surface area (Å²) in [5.41, 5.74) is 9.77. The van der Waals surface area contributed by atoms with Gasteiger partial charge in [0, 0.05) is 7.11 Å². The predicted octanol–water partition coefficient (Wildman–Crippen LogP) is 4.07. The van der Waals surface area contributed by atoms with E-state index in [9.17, 15) is 0 Å². The zero-order valence-electron chi connectivity index (χ0n) is 19.5. The Kier molecular flexibility index (Phi) is 9.21. The molecule has 0 aliphatic carbocycles. The molecule has 0 bridgehead atoms. The van der Waals surface area contributed by atoms with Crippen LogP contribution in [0.5, 0.6) is 0 Å². The van der Waals surface area contributed by atoms with Crippen LogP contribution in [0, 0.1) is 0 Å². The normalized spacial score (nSPS) is 24.7. The topological polar surface area (TPSA) is 72.2 Å². The smallest absolute Gasteiger partial charge is 0.175 e. The van der Waals surface area contributed by atoms with Crippen molar-refractivity contribution < 1.29 is 23.7 Å². The highest BCUT2D eigenvalue weighted by molar-refractivity contribution is 5.15. The van der Waals surface area contributed by atoms with Crippen molar-refractivity contribution in [2.75, 3.05) is 13.7 Å². The van der Waals surface area contributed by atoms with Crippen molar-refractivity contribution in [3.63, 3.8) is 0 Å². The van der Waals surface area contributed by atoms with E-state index in [1.54, 1.807) is 7.11 Å². The molecule has 0 unspecified atom stereocenters. The summed E-state index contributed by atoms with van der Waals surface area (Å²) in [6.07, 6.45) is -1.89. The lowest BCUT2D eigenvalue weighted by Gasteiger charge is -2.44. The van der Waals surface area contributed by atoms with E-state index in [1.165, 1.54) is 0 Å². The first-order valence-corrected chi connectivity index (χ1v) is 11.6. The van der Waals surface area contributed by atoms with Crippen molar-refractivity contribution in [1.82, 2.24) is 0 Å². The quantitative estimate of drug-likeness (QED) is 0.462. The molecule has 1 aliphatic rings. The monoisotopic (exact) mass is 463 g/mol. The van der Waals surface area contributed by atoms with E-state index in [1.807, 2.05) is 91.0 Å². The number of rotatable bonds is 11. The minimum Gasteiger partial charge on any atom is -0.374 e. The molecule has 6 heteroatoms. The van der Waals surface area contributed by atoms with Gasteiger partial charge in [-0.25, -0.2) is 0 Å². The van der Waals surface area contributed by atoms with Crippen molar-refractivity contribution in [1.29, 1.82) is 0 Å². The highest BCUT2D eigenvalue weighted by Gasteiger charge is 2.46. The highest BCUT2D eigenvalue weighted by atomic mass is 16.7. The standard InChI is InChI=1S/C28H33NO5/c1-30-28-25(29)27(33-19-23-15-9-4-10-16-23)26(32-18-22-13-7-3-8-14-22)24(34-28)20-31-17-21-11-5-2-6-12-21/h2-16,24-28H,17-20,29H2,1H3/t24-,25-,26-,27-,28+/m0/s1. The molecular formula is C28H33NO5. The van der Waals surface area contributed by atoms with Crippen LogP contribution in [0.2, 0.25) is 0 Å². The van der Waals surface area contributed by atoms with Crippen LogP contribution < -0.4 is 5.73 Å². The summed E-state index contributed by atoms with van der Waals surface area (Å²) in [5.74, 6) is 0. The minimum absolute atomic E-state index is 0.326. The van der Waals surface area contributed by atoms with Crippen molar-refractivity contribution in [3.8, 4) is 0 Å². The molecule has 180 valence electrons. The summed E-state index contributed by atoms with van der Waals surface area (Å²) in [7, 11) is 1.59. The van der Waals surface area contributed by atoms with Crippen LogP contribution in [0.1, 0.15) is 16.7 Å². The Bertz CT molecular complexity index is 956. The average Bonchev–Trinajstić information content (AvgIpc) is 2.89. The Balaban J connectivity index is 1.48. The lowest BCUT2D eigenvalue weighted by Crippen LogP contribution is -2.63. The number of benzene rings is 3. The van der Waals surface area contributed by atoms with Crippen LogP contribution in [0.15, 0.2) is 91.0 Å². The first-order valence-electron chi connectivity index (χ1n) is 11.6. The van der Waals surface area contributed by atoms with Crippen molar-refractivity contribution in [2.24, 2.45) is 5.73 Å². The molecule has 1 saturated heterocycles. The van der Waals surface area contributed by atoms with Gasteiger partial charge in [0.1, 0.15) is 18.3 Å². The maximum atomic E-state index is 6.54. The molecule has 3 aromatic carbocycles. The summed E-state index contributed by atoms with van der Waals surface area (Å²) in [6, 6.07) is 29.6. The molecule has 0 amide bonds. The number of methoxy groups -OCH3 is 1. The van der Waals surface area contributed by atoms with Gasteiger partial charge in [-0.2, -0.15) is 0 Å². The second-order valence-corrected chi connectivity index (χ2v) is 8.38. The molecule has 0 saturated carbocycles. The molecule has 1 aliphatic heterocycles. The third kappa shape index (κ3) is 6.73. The van der Waals surface area contributed by atoms with Crippen LogP contribution in [0.25, 0.3) is 0 Å². The fourth-order valence-corrected chi connectivity index (χ4v) is 4.08. The first-order chi connectivity index (χ1) is 16.7. The molecule has 2 N–H and O–H groups in total. The van der Waals surface area contributed by atoms with Crippen LogP contribution in [-0.4, -0.2) is 44.4 Å². The molecule has 34 heavy (non-hydrogen) atoms. The lowest BCUT2D eigenvalue weighted by atomic mass is 9.96. The summed E-state index contributed by atoms with van der Waals surface area (Å²) in [4.78, 5) is 0. The number of ether oxygens (including phenoxy) is 5. The van der Waals surface area contributed by atoms with Crippen LogP contribution in [0.4, 0.5) is 0 Å². The summed E-state index contributed by atoms with van der Waals surface area (Å²) >= 11 is 0. The molecule has 3 aromatic rings. The van der Waals surface area contributed by atoms with Crippen LogP contribution in [0.3, 0.4) is 0 Å². The Labute approximate surface area is 201 Å². The van der Waals surface area contributed by atoms with Gasteiger partial charge in [-0.05, 0) is 16.7 Å². The molecule has 0 radical (unpaired) electrons. The molecule has 6 nitrogen and oxygen atoms in total. The second-order valence-electron chi connectivity index (χ2n) is 8.38. The Morgan fingerprint density at radius 1 is 0.676 bits per heavy atom. The van der Waals surface area contributed by atoms with E-state index < -0.39 is 30.6 Å². The van der Waals surface area contributed by atoms with E-state index in [2.05, 4.69) is 0 Å². The summed E-state index contributed by atoms with van der Waals surface area (Å²) in [5, 5.41) is 0. The van der Waals surface area contributed by atoms with Gasteiger partial charge in [0.15, 0.2) is 6.29 Å². The van der Waals surface area contributed by atoms with Gasteiger partial charge in [-0.3, -0.25) is 0 Å². The number of hydrogen-bond acceptors (Lipinski definition) is 6. The fourth-order valence-electron chi connectivity index (χ4n) is 4.08. The van der Waals surface area contributed by atoms with E-state index >= 15 is 0 Å². The van der Waals surface area contributed by atoms with Crippen molar-refractivity contribution >= 4 is 0 Å². The van der Waals surface area contributed by atoms with E-state index in [0.29, 0.717) is 26.4 Å². The lowest BCUT2D eigenvalue weighted by molar-refractivity contribution is -0.280. The van der Waals surface area contributed by atoms with Crippen LogP contribution in [-0.2, 0) is 43.5 Å². The van der Waals surface area contributed by atoms with E-state index in [0.717, 1.165) is 16.7 Å². The van der Waals surface area contributed by atoms with E-state index in [-0.39, 0.29) is 0 Å². The Hall–Kier alpha value is -2.58. The minimum atomic E-state index is -0.623. The van der Waals surface area contributed by atoms with Gasteiger partial charge >= 0.3 is 0 Å².